The molecular formula is C13H20ClN3O2S. The van der Waals surface area contributed by atoms with Crippen LogP contribution < -0.4 is 16.4 Å². The van der Waals surface area contributed by atoms with Crippen LogP contribution in [0.4, 0.5) is 11.4 Å². The number of rotatable bonds is 6. The van der Waals surface area contributed by atoms with Gasteiger partial charge >= 0.3 is 0 Å². The molecule has 1 aromatic carbocycles. The minimum Gasteiger partial charge on any atom is -0.326 e. The van der Waals surface area contributed by atoms with E-state index >= 15 is 0 Å². The highest BCUT2D eigenvalue weighted by molar-refractivity contribution is 7.98. The molecular weight excluding hydrogens is 298 g/mol. The number of anilines is 2. The molecule has 0 radical (unpaired) electrons. The van der Waals surface area contributed by atoms with Gasteiger partial charge in [0.15, 0.2) is 0 Å². The molecule has 7 heteroatoms. The van der Waals surface area contributed by atoms with Crippen LogP contribution in [0, 0.1) is 0 Å². The SMILES string of the molecule is CSCC[C@H](N)C(=O)Nc1cccc(NC(C)=O)c1.Cl. The average Bonchev–Trinajstić information content (AvgIpc) is 2.35. The highest BCUT2D eigenvalue weighted by atomic mass is 35.5. The fraction of sp³-hybridized carbons (Fsp3) is 0.385. The summed E-state index contributed by atoms with van der Waals surface area (Å²) in [5.41, 5.74) is 7.04. The molecule has 0 bridgehead atoms. The van der Waals surface area contributed by atoms with E-state index in [0.29, 0.717) is 17.8 Å². The minimum absolute atomic E-state index is 0. The van der Waals surface area contributed by atoms with Crippen LogP contribution in [0.1, 0.15) is 13.3 Å². The van der Waals surface area contributed by atoms with Crippen LogP contribution in [-0.2, 0) is 9.59 Å². The lowest BCUT2D eigenvalue weighted by molar-refractivity contribution is -0.117. The third kappa shape index (κ3) is 6.79. The van der Waals surface area contributed by atoms with E-state index in [1.165, 1.54) is 6.92 Å². The van der Waals surface area contributed by atoms with E-state index in [0.717, 1.165) is 5.75 Å². The highest BCUT2D eigenvalue weighted by Gasteiger charge is 2.13. The predicted molar refractivity (Wildman–Crippen MR) is 87.6 cm³/mol. The Bertz CT molecular complexity index is 457. The van der Waals surface area contributed by atoms with Crippen LogP contribution in [-0.4, -0.2) is 29.9 Å². The zero-order valence-corrected chi connectivity index (χ0v) is 13.1. The second kappa shape index (κ2) is 9.63. The highest BCUT2D eigenvalue weighted by Crippen LogP contribution is 2.15. The Morgan fingerprint density at radius 3 is 2.45 bits per heavy atom. The van der Waals surface area contributed by atoms with Crippen molar-refractivity contribution in [2.45, 2.75) is 19.4 Å². The van der Waals surface area contributed by atoms with E-state index in [4.69, 9.17) is 5.73 Å². The van der Waals surface area contributed by atoms with E-state index in [1.54, 1.807) is 36.0 Å². The number of carbonyl (C=O) groups is 2. The first-order chi connectivity index (χ1) is 9.02. The molecule has 1 aromatic rings. The summed E-state index contributed by atoms with van der Waals surface area (Å²) in [6.07, 6.45) is 2.61. The van der Waals surface area contributed by atoms with Gasteiger partial charge in [0, 0.05) is 18.3 Å². The number of nitrogens with one attached hydrogen (secondary N) is 2. The van der Waals surface area contributed by atoms with Gasteiger partial charge in [0.1, 0.15) is 0 Å². The quantitative estimate of drug-likeness (QED) is 0.750. The molecule has 1 atom stereocenters. The number of amides is 2. The molecule has 0 spiro atoms. The van der Waals surface area contributed by atoms with Crippen LogP contribution in [0.5, 0.6) is 0 Å². The van der Waals surface area contributed by atoms with Gasteiger partial charge in [-0.3, -0.25) is 9.59 Å². The summed E-state index contributed by atoms with van der Waals surface area (Å²) >= 11 is 1.66. The van der Waals surface area contributed by atoms with Crippen molar-refractivity contribution >= 4 is 47.4 Å². The summed E-state index contributed by atoms with van der Waals surface area (Å²) in [4.78, 5) is 22.8. The molecule has 0 aliphatic heterocycles. The molecule has 112 valence electrons. The van der Waals surface area contributed by atoms with Crippen LogP contribution in [0.15, 0.2) is 24.3 Å². The van der Waals surface area contributed by atoms with Gasteiger partial charge in [-0.25, -0.2) is 0 Å². The van der Waals surface area contributed by atoms with Crippen molar-refractivity contribution in [2.24, 2.45) is 5.73 Å². The molecule has 0 aliphatic rings. The first-order valence-electron chi connectivity index (χ1n) is 5.96. The first-order valence-corrected chi connectivity index (χ1v) is 7.35. The number of hydrogen-bond donors (Lipinski definition) is 3. The van der Waals surface area contributed by atoms with Gasteiger partial charge < -0.3 is 16.4 Å². The number of benzene rings is 1. The van der Waals surface area contributed by atoms with Crippen LogP contribution in [0.25, 0.3) is 0 Å². The Morgan fingerprint density at radius 1 is 1.30 bits per heavy atom. The van der Waals surface area contributed by atoms with E-state index in [9.17, 15) is 9.59 Å². The van der Waals surface area contributed by atoms with Crippen LogP contribution in [0.2, 0.25) is 0 Å². The van der Waals surface area contributed by atoms with Crippen molar-refractivity contribution in [1.82, 2.24) is 0 Å². The molecule has 5 nitrogen and oxygen atoms in total. The zero-order chi connectivity index (χ0) is 14.3. The number of halogens is 1. The lowest BCUT2D eigenvalue weighted by Crippen LogP contribution is -2.36. The molecule has 0 aliphatic carbocycles. The van der Waals surface area contributed by atoms with Gasteiger partial charge in [0.25, 0.3) is 0 Å². The third-order valence-electron chi connectivity index (χ3n) is 2.42. The number of thioether (sulfide) groups is 1. The summed E-state index contributed by atoms with van der Waals surface area (Å²) in [6, 6.07) is 6.45. The second-order valence-electron chi connectivity index (χ2n) is 4.14. The maximum absolute atomic E-state index is 11.8. The van der Waals surface area contributed by atoms with Gasteiger partial charge in [0.2, 0.25) is 11.8 Å². The molecule has 0 fully saturated rings. The van der Waals surface area contributed by atoms with E-state index < -0.39 is 6.04 Å². The van der Waals surface area contributed by atoms with Crippen LogP contribution in [0.3, 0.4) is 0 Å². The fourth-order valence-corrected chi connectivity index (χ4v) is 1.98. The van der Waals surface area contributed by atoms with E-state index in [-0.39, 0.29) is 24.2 Å². The van der Waals surface area contributed by atoms with Crippen molar-refractivity contribution < 1.29 is 9.59 Å². The third-order valence-corrected chi connectivity index (χ3v) is 3.06. The van der Waals surface area contributed by atoms with Gasteiger partial charge in [-0.05, 0) is 36.6 Å². The lowest BCUT2D eigenvalue weighted by atomic mass is 10.2. The number of hydrogen-bond acceptors (Lipinski definition) is 4. The Morgan fingerprint density at radius 2 is 1.90 bits per heavy atom. The molecule has 20 heavy (non-hydrogen) atoms. The zero-order valence-electron chi connectivity index (χ0n) is 11.5. The molecule has 0 saturated carbocycles. The van der Waals surface area contributed by atoms with Gasteiger partial charge in [-0.1, -0.05) is 6.07 Å². The molecule has 2 amide bonds. The minimum atomic E-state index is -0.517. The first kappa shape index (κ1) is 18.8. The largest absolute Gasteiger partial charge is 0.326 e. The molecule has 4 N–H and O–H groups in total. The van der Waals surface area contributed by atoms with Crippen molar-refractivity contribution in [3.8, 4) is 0 Å². The Hall–Kier alpha value is -1.24. The predicted octanol–water partition coefficient (Wildman–Crippen LogP) is 2.09. The lowest BCUT2D eigenvalue weighted by Gasteiger charge is -2.12. The van der Waals surface area contributed by atoms with Crippen molar-refractivity contribution in [3.05, 3.63) is 24.3 Å². The molecule has 0 unspecified atom stereocenters. The summed E-state index contributed by atoms with van der Waals surface area (Å²) in [6.45, 7) is 1.43. The Kier molecular flexibility index (Phi) is 9.03. The maximum atomic E-state index is 11.8. The number of carbonyl (C=O) groups excluding carboxylic acids is 2. The Balaban J connectivity index is 0.00000361. The standard InChI is InChI=1S/C13H19N3O2S.ClH/c1-9(17)15-10-4-3-5-11(8-10)16-13(18)12(14)6-7-19-2;/h3-5,8,12H,6-7,14H2,1-2H3,(H,15,17)(H,16,18);1H/t12-;/m0./s1. The smallest absolute Gasteiger partial charge is 0.241 e. The molecule has 1 rings (SSSR count). The van der Waals surface area contributed by atoms with E-state index in [2.05, 4.69) is 10.6 Å². The average molecular weight is 318 g/mol. The van der Waals surface area contributed by atoms with Crippen molar-refractivity contribution in [2.75, 3.05) is 22.6 Å². The van der Waals surface area contributed by atoms with Crippen molar-refractivity contribution in [1.29, 1.82) is 0 Å². The summed E-state index contributed by atoms with van der Waals surface area (Å²) in [5.74, 6) is 0.481. The van der Waals surface area contributed by atoms with Gasteiger partial charge in [0.05, 0.1) is 6.04 Å². The van der Waals surface area contributed by atoms with Crippen molar-refractivity contribution in [3.63, 3.8) is 0 Å². The Labute approximate surface area is 129 Å². The monoisotopic (exact) mass is 317 g/mol. The summed E-state index contributed by atoms with van der Waals surface area (Å²) in [5, 5.41) is 5.40. The summed E-state index contributed by atoms with van der Waals surface area (Å²) < 4.78 is 0. The molecule has 0 aromatic heterocycles. The van der Waals surface area contributed by atoms with Gasteiger partial charge in [-0.15, -0.1) is 12.4 Å². The second-order valence-corrected chi connectivity index (χ2v) is 5.12. The van der Waals surface area contributed by atoms with Crippen LogP contribution >= 0.6 is 24.2 Å². The normalized spacial score (nSPS) is 11.2. The van der Waals surface area contributed by atoms with E-state index in [1.807, 2.05) is 6.26 Å². The number of nitrogens with two attached hydrogens (primary N) is 1. The van der Waals surface area contributed by atoms with Gasteiger partial charge in [-0.2, -0.15) is 11.8 Å². The topological polar surface area (TPSA) is 84.2 Å². The molecule has 0 saturated heterocycles. The fourth-order valence-electron chi connectivity index (χ4n) is 1.49. The molecule has 0 heterocycles. The summed E-state index contributed by atoms with van der Waals surface area (Å²) in [7, 11) is 0. The maximum Gasteiger partial charge on any atom is 0.241 e.